The molecule has 3 rings (SSSR count). The van der Waals surface area contributed by atoms with Crippen LogP contribution in [0.3, 0.4) is 0 Å². The van der Waals surface area contributed by atoms with Crippen molar-refractivity contribution in [2.24, 2.45) is 0 Å². The molecule has 1 amide bonds. The van der Waals surface area contributed by atoms with Gasteiger partial charge >= 0.3 is 0 Å². The Hall–Kier alpha value is -1.94. The van der Waals surface area contributed by atoms with Crippen molar-refractivity contribution in [3.05, 3.63) is 58.6 Å². The van der Waals surface area contributed by atoms with Crippen LogP contribution in [0.5, 0.6) is 0 Å². The van der Waals surface area contributed by atoms with Crippen molar-refractivity contribution in [3.63, 3.8) is 0 Å². The van der Waals surface area contributed by atoms with Crippen LogP contribution >= 0.6 is 11.6 Å². The molecule has 1 aliphatic heterocycles. The van der Waals surface area contributed by atoms with Gasteiger partial charge in [-0.15, -0.1) is 0 Å². The van der Waals surface area contributed by atoms with Gasteiger partial charge in [0.15, 0.2) is 0 Å². The third kappa shape index (κ3) is 1.95. The first-order valence-electron chi connectivity index (χ1n) is 5.56. The molecule has 0 N–H and O–H groups in total. The molecule has 5 heteroatoms. The van der Waals surface area contributed by atoms with Crippen LogP contribution in [0.25, 0.3) is 0 Å². The number of hydrogen-bond acceptors (Lipinski definition) is 3. The van der Waals surface area contributed by atoms with E-state index in [2.05, 4.69) is 9.97 Å². The first-order chi connectivity index (χ1) is 8.74. The Balaban J connectivity index is 1.82. The zero-order valence-electron chi connectivity index (χ0n) is 9.51. The highest BCUT2D eigenvalue weighted by Gasteiger charge is 2.25. The number of benzene rings is 1. The second-order valence-electron chi connectivity index (χ2n) is 4.16. The number of amides is 1. The smallest absolute Gasteiger partial charge is 0.254 e. The molecule has 0 aliphatic carbocycles. The summed E-state index contributed by atoms with van der Waals surface area (Å²) >= 11 is 5.81. The van der Waals surface area contributed by atoms with E-state index >= 15 is 0 Å². The van der Waals surface area contributed by atoms with Crippen molar-refractivity contribution in [1.29, 1.82) is 0 Å². The average Bonchev–Trinajstić information content (AvgIpc) is 2.82. The molecule has 0 saturated heterocycles. The molecule has 0 radical (unpaired) electrons. The topological polar surface area (TPSA) is 46.1 Å². The minimum atomic E-state index is -0.00957. The van der Waals surface area contributed by atoms with Gasteiger partial charge in [0.25, 0.3) is 5.91 Å². The lowest BCUT2D eigenvalue weighted by Gasteiger charge is -2.14. The van der Waals surface area contributed by atoms with E-state index in [1.807, 2.05) is 0 Å². The van der Waals surface area contributed by atoms with Gasteiger partial charge in [0.1, 0.15) is 6.33 Å². The first kappa shape index (κ1) is 11.2. The fourth-order valence-corrected chi connectivity index (χ4v) is 2.15. The predicted octanol–water partition coefficient (Wildman–Crippen LogP) is 2.29. The number of carbonyl (C=O) groups excluding carboxylic acids is 1. The van der Waals surface area contributed by atoms with Gasteiger partial charge in [0.2, 0.25) is 0 Å². The Bertz CT molecular complexity index is 572. The quantitative estimate of drug-likeness (QED) is 0.789. The average molecular weight is 260 g/mol. The van der Waals surface area contributed by atoms with Crippen molar-refractivity contribution in [2.45, 2.75) is 13.1 Å². The Morgan fingerprint density at radius 3 is 2.72 bits per heavy atom. The summed E-state index contributed by atoms with van der Waals surface area (Å²) in [6.07, 6.45) is 3.27. The number of rotatable bonds is 1. The van der Waals surface area contributed by atoms with Crippen LogP contribution in [0.4, 0.5) is 0 Å². The Morgan fingerprint density at radius 1 is 1.22 bits per heavy atom. The molecule has 2 aromatic rings. The largest absolute Gasteiger partial charge is 0.328 e. The van der Waals surface area contributed by atoms with Crippen LogP contribution in [0.15, 0.2) is 36.8 Å². The predicted molar refractivity (Wildman–Crippen MR) is 67.1 cm³/mol. The molecule has 1 aliphatic rings. The van der Waals surface area contributed by atoms with Gasteiger partial charge < -0.3 is 4.90 Å². The van der Waals surface area contributed by atoms with Crippen molar-refractivity contribution >= 4 is 17.5 Å². The van der Waals surface area contributed by atoms with Crippen molar-refractivity contribution in [2.75, 3.05) is 0 Å². The number of hydrogen-bond donors (Lipinski definition) is 0. The summed E-state index contributed by atoms with van der Waals surface area (Å²) in [6, 6.07) is 6.91. The van der Waals surface area contributed by atoms with Gasteiger partial charge in [0, 0.05) is 28.9 Å². The zero-order valence-corrected chi connectivity index (χ0v) is 10.3. The number of halogens is 1. The third-order valence-electron chi connectivity index (χ3n) is 2.96. The SMILES string of the molecule is O=C(c1ccc(Cl)cc1)N1Cc2cncnc2C1. The molecular formula is C13H10ClN3O. The fourth-order valence-electron chi connectivity index (χ4n) is 2.02. The maximum Gasteiger partial charge on any atom is 0.254 e. The Morgan fingerprint density at radius 2 is 2.00 bits per heavy atom. The highest BCUT2D eigenvalue weighted by molar-refractivity contribution is 6.30. The standard InChI is InChI=1S/C13H10ClN3O/c14-11-3-1-9(2-4-11)13(18)17-6-10-5-15-8-16-12(10)7-17/h1-5,8H,6-7H2. The molecule has 0 unspecified atom stereocenters. The molecule has 18 heavy (non-hydrogen) atoms. The minimum Gasteiger partial charge on any atom is -0.328 e. The molecule has 1 aromatic carbocycles. The summed E-state index contributed by atoms with van der Waals surface area (Å²) in [5.74, 6) is -0.00957. The molecule has 0 saturated carbocycles. The molecule has 0 fully saturated rings. The van der Waals surface area contributed by atoms with Crippen LogP contribution in [0.1, 0.15) is 21.6 Å². The van der Waals surface area contributed by atoms with Crippen LogP contribution in [0, 0.1) is 0 Å². The highest BCUT2D eigenvalue weighted by Crippen LogP contribution is 2.22. The van der Waals surface area contributed by atoms with E-state index in [4.69, 9.17) is 11.6 Å². The van der Waals surface area contributed by atoms with Gasteiger partial charge in [-0.25, -0.2) is 9.97 Å². The molecule has 90 valence electrons. The van der Waals surface area contributed by atoms with Crippen molar-refractivity contribution in [3.8, 4) is 0 Å². The van der Waals surface area contributed by atoms with E-state index in [1.54, 1.807) is 35.4 Å². The summed E-state index contributed by atoms with van der Waals surface area (Å²) in [6.45, 7) is 1.11. The molecule has 1 aromatic heterocycles. The number of carbonyl (C=O) groups is 1. The molecule has 4 nitrogen and oxygen atoms in total. The van der Waals surface area contributed by atoms with Crippen LogP contribution in [0.2, 0.25) is 5.02 Å². The molecule has 2 heterocycles. The Labute approximate surface area is 109 Å². The van der Waals surface area contributed by atoms with E-state index in [0.29, 0.717) is 23.7 Å². The van der Waals surface area contributed by atoms with Gasteiger partial charge in [0.05, 0.1) is 12.2 Å². The molecular weight excluding hydrogens is 250 g/mol. The van der Waals surface area contributed by atoms with Crippen molar-refractivity contribution < 1.29 is 4.79 Å². The van der Waals surface area contributed by atoms with Crippen LogP contribution < -0.4 is 0 Å². The van der Waals surface area contributed by atoms with E-state index < -0.39 is 0 Å². The summed E-state index contributed by atoms with van der Waals surface area (Å²) in [5.41, 5.74) is 2.58. The minimum absolute atomic E-state index is 0.00957. The lowest BCUT2D eigenvalue weighted by molar-refractivity contribution is 0.0750. The van der Waals surface area contributed by atoms with E-state index in [9.17, 15) is 4.79 Å². The van der Waals surface area contributed by atoms with Gasteiger partial charge in [-0.1, -0.05) is 11.6 Å². The van der Waals surface area contributed by atoms with Gasteiger partial charge in [-0.05, 0) is 24.3 Å². The first-order valence-corrected chi connectivity index (χ1v) is 5.94. The highest BCUT2D eigenvalue weighted by atomic mass is 35.5. The normalized spacial score (nSPS) is 13.5. The molecule has 0 bridgehead atoms. The summed E-state index contributed by atoms with van der Waals surface area (Å²) in [4.78, 5) is 22.2. The van der Waals surface area contributed by atoms with E-state index in [1.165, 1.54) is 6.33 Å². The lowest BCUT2D eigenvalue weighted by Crippen LogP contribution is -2.25. The van der Waals surface area contributed by atoms with E-state index in [0.717, 1.165) is 11.3 Å². The van der Waals surface area contributed by atoms with Crippen molar-refractivity contribution in [1.82, 2.24) is 14.9 Å². The second kappa shape index (κ2) is 4.38. The summed E-state index contributed by atoms with van der Waals surface area (Å²) in [7, 11) is 0. The molecule has 0 spiro atoms. The zero-order chi connectivity index (χ0) is 12.5. The van der Waals surface area contributed by atoms with Gasteiger partial charge in [-0.3, -0.25) is 4.79 Å². The number of fused-ring (bicyclic) bond motifs is 1. The maximum atomic E-state index is 12.3. The summed E-state index contributed by atoms with van der Waals surface area (Å²) in [5, 5.41) is 0.627. The second-order valence-corrected chi connectivity index (χ2v) is 4.60. The third-order valence-corrected chi connectivity index (χ3v) is 3.21. The van der Waals surface area contributed by atoms with E-state index in [-0.39, 0.29) is 5.91 Å². The maximum absolute atomic E-state index is 12.3. The number of nitrogens with zero attached hydrogens (tertiary/aromatic N) is 3. The lowest BCUT2D eigenvalue weighted by atomic mass is 10.2. The van der Waals surface area contributed by atoms with Crippen LogP contribution in [-0.4, -0.2) is 20.8 Å². The fraction of sp³-hybridized carbons (Fsp3) is 0.154. The molecule has 0 atom stereocenters. The number of aromatic nitrogens is 2. The monoisotopic (exact) mass is 259 g/mol. The Kier molecular flexibility index (Phi) is 2.72. The van der Waals surface area contributed by atoms with Crippen LogP contribution in [-0.2, 0) is 13.1 Å². The summed E-state index contributed by atoms with van der Waals surface area (Å²) < 4.78 is 0. The van der Waals surface area contributed by atoms with Gasteiger partial charge in [-0.2, -0.15) is 0 Å².